The van der Waals surface area contributed by atoms with Gasteiger partial charge in [0, 0.05) is 13.1 Å². The fourth-order valence-corrected chi connectivity index (χ4v) is 3.73. The van der Waals surface area contributed by atoms with Crippen LogP contribution in [0.2, 0.25) is 0 Å². The molecule has 1 aliphatic rings. The number of amides is 3. The highest BCUT2D eigenvalue weighted by molar-refractivity contribution is 5.94. The van der Waals surface area contributed by atoms with Gasteiger partial charge in [0.1, 0.15) is 25.4 Å². The van der Waals surface area contributed by atoms with E-state index in [1.165, 1.54) is 11.8 Å². The Bertz CT molecular complexity index is 909. The Morgan fingerprint density at radius 1 is 1.20 bits per heavy atom. The second kappa shape index (κ2) is 13.9. The molecule has 12 heteroatoms. The van der Waals surface area contributed by atoms with Crippen LogP contribution in [0.4, 0.5) is 9.18 Å². The number of Topliss-reactive ketones (excluding diaryl/α,β-unsaturated/α-hetero) is 1. The molecular weight excluding hydrogens is 459 g/mol. The number of ether oxygens (including phenoxy) is 1. The molecule has 1 aromatic rings. The van der Waals surface area contributed by atoms with Crippen LogP contribution in [0.1, 0.15) is 38.2 Å². The topological polar surface area (TPSA) is 169 Å². The zero-order valence-electron chi connectivity index (χ0n) is 19.7. The lowest BCUT2D eigenvalue weighted by Crippen LogP contribution is -2.54. The largest absolute Gasteiger partial charge is 0.445 e. The number of hydrogen-bond acceptors (Lipinski definition) is 6. The highest BCUT2D eigenvalue weighted by Crippen LogP contribution is 2.19. The first-order valence-electron chi connectivity index (χ1n) is 11.4. The van der Waals surface area contributed by atoms with E-state index >= 15 is 0 Å². The van der Waals surface area contributed by atoms with Gasteiger partial charge in [-0.05, 0) is 38.2 Å². The number of halogens is 1. The number of carbonyl (C=O) groups is 4. The van der Waals surface area contributed by atoms with Gasteiger partial charge in [0.25, 0.3) is 0 Å². The van der Waals surface area contributed by atoms with E-state index in [0.717, 1.165) is 5.56 Å². The smallest absolute Gasteiger partial charge is 0.408 e. The van der Waals surface area contributed by atoms with Crippen molar-refractivity contribution in [3.63, 3.8) is 0 Å². The van der Waals surface area contributed by atoms with E-state index in [-0.39, 0.29) is 25.5 Å². The number of guanidine groups is 1. The fraction of sp³-hybridized carbons (Fsp3) is 0.522. The van der Waals surface area contributed by atoms with Crippen molar-refractivity contribution >= 4 is 29.7 Å². The molecular formula is C23H33FN6O5. The van der Waals surface area contributed by atoms with Crippen LogP contribution < -0.4 is 22.1 Å². The zero-order valence-corrected chi connectivity index (χ0v) is 19.7. The summed E-state index contributed by atoms with van der Waals surface area (Å²) in [6.07, 6.45) is 0.698. The molecule has 6 N–H and O–H groups in total. The number of likely N-dealkylation sites (tertiary alicyclic amines) is 1. The van der Waals surface area contributed by atoms with E-state index in [0.29, 0.717) is 25.8 Å². The lowest BCUT2D eigenvalue weighted by atomic mass is 10.1. The van der Waals surface area contributed by atoms with Gasteiger partial charge < -0.3 is 31.7 Å². The minimum atomic E-state index is -1.23. The normalized spacial score (nSPS) is 16.6. The average molecular weight is 493 g/mol. The molecule has 3 atom stereocenters. The van der Waals surface area contributed by atoms with Gasteiger partial charge in [-0.25, -0.2) is 9.18 Å². The van der Waals surface area contributed by atoms with Crippen molar-refractivity contribution in [2.45, 2.75) is 57.3 Å². The highest BCUT2D eigenvalue weighted by Gasteiger charge is 2.37. The molecule has 0 aliphatic carbocycles. The first-order chi connectivity index (χ1) is 16.7. The number of benzene rings is 1. The van der Waals surface area contributed by atoms with E-state index in [1.807, 2.05) is 18.2 Å². The first kappa shape index (κ1) is 27.5. The summed E-state index contributed by atoms with van der Waals surface area (Å²) < 4.78 is 18.2. The van der Waals surface area contributed by atoms with E-state index < -0.39 is 48.5 Å². The molecule has 11 nitrogen and oxygen atoms in total. The predicted molar refractivity (Wildman–Crippen MR) is 127 cm³/mol. The average Bonchev–Trinajstić information content (AvgIpc) is 3.34. The van der Waals surface area contributed by atoms with Crippen molar-refractivity contribution in [3.05, 3.63) is 35.9 Å². The molecule has 192 valence electrons. The third-order valence-corrected chi connectivity index (χ3v) is 5.54. The second-order valence-corrected chi connectivity index (χ2v) is 8.23. The van der Waals surface area contributed by atoms with Crippen molar-refractivity contribution in [2.24, 2.45) is 16.5 Å². The molecule has 1 heterocycles. The minimum Gasteiger partial charge on any atom is -0.445 e. The quantitative estimate of drug-likeness (QED) is 0.186. The summed E-state index contributed by atoms with van der Waals surface area (Å²) in [5.74, 6) is -1.88. The second-order valence-electron chi connectivity index (χ2n) is 8.23. The van der Waals surface area contributed by atoms with E-state index in [2.05, 4.69) is 15.6 Å². The maximum Gasteiger partial charge on any atom is 0.408 e. The maximum atomic E-state index is 13.0. The van der Waals surface area contributed by atoms with Crippen molar-refractivity contribution in [2.75, 3.05) is 19.8 Å². The lowest BCUT2D eigenvalue weighted by Gasteiger charge is -2.28. The molecule has 0 unspecified atom stereocenters. The number of alkyl halides is 1. The monoisotopic (exact) mass is 492 g/mol. The van der Waals surface area contributed by atoms with Gasteiger partial charge in [-0.2, -0.15) is 0 Å². The summed E-state index contributed by atoms with van der Waals surface area (Å²) in [4.78, 5) is 55.0. The summed E-state index contributed by atoms with van der Waals surface area (Å²) in [6, 6.07) is 6.26. The standard InChI is InChI=1S/C23H33FN6O5/c1-15(28-23(34)35-14-16-7-3-2-4-8-16)21(33)30-12-6-10-18(30)20(32)29-17(19(31)13-24)9-5-11-27-22(25)26/h2-4,7-8,15,17-18H,5-6,9-14H2,1H3,(H,28,34)(H,29,32)(H4,25,26,27)/t15-,17-,18-/m0/s1. The molecule has 3 amide bonds. The SMILES string of the molecule is C[C@H](NC(=O)OCc1ccccc1)C(=O)N1CCC[C@H]1C(=O)N[C@@H](CCCN=C(N)N)C(=O)CF. The first-order valence-corrected chi connectivity index (χ1v) is 11.4. The number of nitrogens with one attached hydrogen (secondary N) is 2. The van der Waals surface area contributed by atoms with Crippen molar-refractivity contribution in [1.82, 2.24) is 15.5 Å². The third kappa shape index (κ3) is 8.87. The summed E-state index contributed by atoms with van der Waals surface area (Å²) in [6.45, 7) is 0.862. The Morgan fingerprint density at radius 2 is 1.91 bits per heavy atom. The lowest BCUT2D eigenvalue weighted by molar-refractivity contribution is -0.140. The van der Waals surface area contributed by atoms with Crippen LogP contribution in [0.15, 0.2) is 35.3 Å². The molecule has 0 spiro atoms. The Kier molecular flexibility index (Phi) is 10.9. The molecule has 0 saturated carbocycles. The number of rotatable bonds is 12. The van der Waals surface area contributed by atoms with Gasteiger partial charge in [0.15, 0.2) is 11.7 Å². The number of carbonyl (C=O) groups excluding carboxylic acids is 4. The molecule has 1 saturated heterocycles. The van der Waals surface area contributed by atoms with Crippen LogP contribution >= 0.6 is 0 Å². The van der Waals surface area contributed by atoms with Crippen LogP contribution in [-0.4, -0.2) is 72.4 Å². The number of ketones is 1. The van der Waals surface area contributed by atoms with Crippen LogP contribution in [0.5, 0.6) is 0 Å². The van der Waals surface area contributed by atoms with Gasteiger partial charge in [-0.15, -0.1) is 0 Å². The van der Waals surface area contributed by atoms with Gasteiger partial charge in [0.2, 0.25) is 11.8 Å². The number of alkyl carbamates (subject to hydrolysis) is 1. The molecule has 0 aromatic heterocycles. The molecule has 1 fully saturated rings. The van der Waals surface area contributed by atoms with Gasteiger partial charge in [0.05, 0.1) is 6.04 Å². The third-order valence-electron chi connectivity index (χ3n) is 5.54. The number of hydrogen-bond donors (Lipinski definition) is 4. The van der Waals surface area contributed by atoms with E-state index in [4.69, 9.17) is 16.2 Å². The van der Waals surface area contributed by atoms with E-state index in [1.54, 1.807) is 12.1 Å². The zero-order chi connectivity index (χ0) is 25.8. The highest BCUT2D eigenvalue weighted by atomic mass is 19.1. The van der Waals surface area contributed by atoms with Crippen LogP contribution in [-0.2, 0) is 25.7 Å². The molecule has 1 aliphatic heterocycles. The Hall–Kier alpha value is -3.70. The molecule has 0 bridgehead atoms. The number of nitrogens with zero attached hydrogens (tertiary/aromatic N) is 2. The molecule has 2 rings (SSSR count). The fourth-order valence-electron chi connectivity index (χ4n) is 3.73. The molecule has 35 heavy (non-hydrogen) atoms. The minimum absolute atomic E-state index is 0.0511. The summed E-state index contributed by atoms with van der Waals surface area (Å²) in [5, 5.41) is 5.03. The van der Waals surface area contributed by atoms with Crippen LogP contribution in [0, 0.1) is 0 Å². The molecule has 1 aromatic carbocycles. The van der Waals surface area contributed by atoms with Gasteiger partial charge in [-0.1, -0.05) is 30.3 Å². The van der Waals surface area contributed by atoms with Crippen LogP contribution in [0.3, 0.4) is 0 Å². The van der Waals surface area contributed by atoms with Crippen molar-refractivity contribution in [1.29, 1.82) is 0 Å². The van der Waals surface area contributed by atoms with Crippen LogP contribution in [0.25, 0.3) is 0 Å². The Morgan fingerprint density at radius 3 is 2.57 bits per heavy atom. The summed E-state index contributed by atoms with van der Waals surface area (Å²) >= 11 is 0. The summed E-state index contributed by atoms with van der Waals surface area (Å²) in [5.41, 5.74) is 11.3. The number of nitrogens with two attached hydrogens (primary N) is 2. The van der Waals surface area contributed by atoms with Crippen molar-refractivity contribution in [3.8, 4) is 0 Å². The Labute approximate surface area is 203 Å². The van der Waals surface area contributed by atoms with Crippen molar-refractivity contribution < 1.29 is 28.3 Å². The predicted octanol–water partition coefficient (Wildman–Crippen LogP) is 0.369. The van der Waals surface area contributed by atoms with Gasteiger partial charge >= 0.3 is 6.09 Å². The summed E-state index contributed by atoms with van der Waals surface area (Å²) in [7, 11) is 0. The maximum absolute atomic E-state index is 13.0. The van der Waals surface area contributed by atoms with E-state index in [9.17, 15) is 23.6 Å². The number of aliphatic imine (C=N–C) groups is 1. The Balaban J connectivity index is 1.91. The van der Waals surface area contributed by atoms with Gasteiger partial charge in [-0.3, -0.25) is 19.4 Å². The molecule has 0 radical (unpaired) electrons.